The summed E-state index contributed by atoms with van der Waals surface area (Å²) < 4.78 is 13.7. The molecule has 0 aliphatic carbocycles. The Morgan fingerprint density at radius 2 is 1.93 bits per heavy atom. The van der Waals surface area contributed by atoms with E-state index in [4.69, 9.17) is 9.47 Å². The molecule has 0 amide bonds. The van der Waals surface area contributed by atoms with Crippen molar-refractivity contribution in [3.63, 3.8) is 0 Å². The van der Waals surface area contributed by atoms with Gasteiger partial charge in [-0.1, -0.05) is 53.7 Å². The van der Waals surface area contributed by atoms with E-state index in [2.05, 4.69) is 47.5 Å². The first-order valence-corrected chi connectivity index (χ1v) is 9.91. The number of benzene rings is 2. The number of hydrogen-bond donors (Lipinski definition) is 0. The van der Waals surface area contributed by atoms with Gasteiger partial charge in [-0.05, 0) is 31.0 Å². The van der Waals surface area contributed by atoms with Crippen LogP contribution in [0.5, 0.6) is 11.5 Å². The number of rotatable bonds is 5. The zero-order valence-corrected chi connectivity index (χ0v) is 16.5. The van der Waals surface area contributed by atoms with Gasteiger partial charge in [-0.3, -0.25) is 0 Å². The Morgan fingerprint density at radius 3 is 2.68 bits per heavy atom. The summed E-state index contributed by atoms with van der Waals surface area (Å²) in [7, 11) is 1.89. The summed E-state index contributed by atoms with van der Waals surface area (Å²) in [4.78, 5) is 0. The molecule has 2 heterocycles. The van der Waals surface area contributed by atoms with E-state index in [1.165, 1.54) is 17.3 Å². The minimum absolute atomic E-state index is 0.247. The van der Waals surface area contributed by atoms with Crippen molar-refractivity contribution in [1.82, 2.24) is 14.8 Å². The third-order valence-corrected chi connectivity index (χ3v) is 5.72. The molecule has 2 aromatic carbocycles. The van der Waals surface area contributed by atoms with Crippen molar-refractivity contribution in [2.45, 2.75) is 29.9 Å². The molecule has 1 aliphatic heterocycles. The molecule has 0 saturated carbocycles. The predicted molar refractivity (Wildman–Crippen MR) is 106 cm³/mol. The van der Waals surface area contributed by atoms with Crippen molar-refractivity contribution in [2.24, 2.45) is 7.05 Å². The molecule has 1 aliphatic rings. The maximum Gasteiger partial charge on any atom is 0.192 e. The molecule has 2 atom stereocenters. The summed E-state index contributed by atoms with van der Waals surface area (Å²) in [6.45, 7) is 2.43. The number of fused-ring (bicyclic) bond motifs is 1. The van der Waals surface area contributed by atoms with Crippen molar-refractivity contribution >= 4 is 11.8 Å². The number of hydrogen-bond acceptors (Lipinski definition) is 6. The lowest BCUT2D eigenvalue weighted by Crippen LogP contribution is -2.24. The van der Waals surface area contributed by atoms with Crippen LogP contribution in [0.25, 0.3) is 0 Å². The average Bonchev–Trinajstić information content (AvgIpc) is 3.09. The SMILES string of the molecule is Cc1ccc(CC(C#N)Sc2nnc(C3COc4ccccc4O3)n2C)cc1. The highest BCUT2D eigenvalue weighted by Gasteiger charge is 2.28. The first-order chi connectivity index (χ1) is 13.6. The molecular formula is C21H20N4O2S. The number of nitrogens with zero attached hydrogens (tertiary/aromatic N) is 4. The highest BCUT2D eigenvalue weighted by molar-refractivity contribution is 8.00. The molecule has 0 spiro atoms. The Kier molecular flexibility index (Phi) is 5.22. The van der Waals surface area contributed by atoms with E-state index in [1.807, 2.05) is 35.9 Å². The number of thioether (sulfide) groups is 1. The van der Waals surface area contributed by atoms with Crippen molar-refractivity contribution < 1.29 is 9.47 Å². The van der Waals surface area contributed by atoms with Gasteiger partial charge >= 0.3 is 0 Å². The fourth-order valence-electron chi connectivity index (χ4n) is 3.04. The van der Waals surface area contributed by atoms with Crippen molar-refractivity contribution in [3.8, 4) is 17.6 Å². The first-order valence-electron chi connectivity index (χ1n) is 9.03. The van der Waals surface area contributed by atoms with Gasteiger partial charge in [0, 0.05) is 7.05 Å². The topological polar surface area (TPSA) is 73.0 Å². The van der Waals surface area contributed by atoms with Crippen LogP contribution in [0.1, 0.15) is 23.1 Å². The zero-order valence-electron chi connectivity index (χ0n) is 15.7. The monoisotopic (exact) mass is 392 g/mol. The Bertz CT molecular complexity index is 1010. The molecule has 4 rings (SSSR count). The molecule has 6 nitrogen and oxygen atoms in total. The second-order valence-electron chi connectivity index (χ2n) is 6.69. The van der Waals surface area contributed by atoms with Crippen LogP contribution in [0.3, 0.4) is 0 Å². The molecular weight excluding hydrogens is 372 g/mol. The third-order valence-electron chi connectivity index (χ3n) is 4.60. The Hall–Kier alpha value is -2.98. The molecule has 0 bridgehead atoms. The summed E-state index contributed by atoms with van der Waals surface area (Å²) in [5, 5.41) is 18.6. The average molecular weight is 392 g/mol. The number of para-hydroxylation sites is 2. The lowest BCUT2D eigenvalue weighted by molar-refractivity contribution is 0.0825. The molecule has 7 heteroatoms. The van der Waals surface area contributed by atoms with Gasteiger partial charge in [0.1, 0.15) is 11.9 Å². The maximum atomic E-state index is 9.59. The molecule has 0 radical (unpaired) electrons. The largest absolute Gasteiger partial charge is 0.485 e. The van der Waals surface area contributed by atoms with Gasteiger partial charge in [-0.25, -0.2) is 0 Å². The summed E-state index contributed by atoms with van der Waals surface area (Å²) in [6.07, 6.45) is 0.319. The zero-order chi connectivity index (χ0) is 19.5. The lowest BCUT2D eigenvalue weighted by Gasteiger charge is -2.25. The summed E-state index contributed by atoms with van der Waals surface area (Å²) in [5.74, 6) is 2.12. The lowest BCUT2D eigenvalue weighted by atomic mass is 10.1. The summed E-state index contributed by atoms with van der Waals surface area (Å²) >= 11 is 1.42. The van der Waals surface area contributed by atoms with Crippen LogP contribution in [0.2, 0.25) is 0 Å². The normalized spacial score (nSPS) is 16.4. The molecule has 3 aromatic rings. The van der Waals surface area contributed by atoms with E-state index < -0.39 is 0 Å². The van der Waals surface area contributed by atoms with Gasteiger partial charge in [-0.15, -0.1) is 10.2 Å². The molecule has 28 heavy (non-hydrogen) atoms. The van der Waals surface area contributed by atoms with Gasteiger partial charge in [-0.2, -0.15) is 5.26 Å². The molecule has 0 saturated heterocycles. The van der Waals surface area contributed by atoms with Crippen LogP contribution in [-0.2, 0) is 13.5 Å². The van der Waals surface area contributed by atoms with Gasteiger partial charge in [0.2, 0.25) is 0 Å². The van der Waals surface area contributed by atoms with Crippen LogP contribution in [0.15, 0.2) is 53.7 Å². The van der Waals surface area contributed by atoms with Crippen LogP contribution < -0.4 is 9.47 Å². The van der Waals surface area contributed by atoms with Gasteiger partial charge in [0.25, 0.3) is 0 Å². The minimum Gasteiger partial charge on any atom is -0.485 e. The van der Waals surface area contributed by atoms with Crippen molar-refractivity contribution in [2.75, 3.05) is 6.61 Å². The second kappa shape index (κ2) is 7.95. The number of aryl methyl sites for hydroxylation is 1. The van der Waals surface area contributed by atoms with Gasteiger partial charge < -0.3 is 14.0 Å². The number of nitriles is 1. The van der Waals surface area contributed by atoms with Gasteiger partial charge in [0.15, 0.2) is 28.6 Å². The van der Waals surface area contributed by atoms with Crippen molar-refractivity contribution in [3.05, 3.63) is 65.5 Å². The van der Waals surface area contributed by atoms with Crippen molar-refractivity contribution in [1.29, 1.82) is 5.26 Å². The summed E-state index contributed by atoms with van der Waals surface area (Å²) in [5.41, 5.74) is 2.34. The maximum absolute atomic E-state index is 9.59. The van der Waals surface area contributed by atoms with E-state index in [9.17, 15) is 5.26 Å². The van der Waals surface area contributed by atoms with E-state index >= 15 is 0 Å². The van der Waals surface area contributed by atoms with Crippen LogP contribution in [-0.4, -0.2) is 26.6 Å². The number of aromatic nitrogens is 3. The Morgan fingerprint density at radius 1 is 1.18 bits per heavy atom. The van der Waals surface area contributed by atoms with Gasteiger partial charge in [0.05, 0.1) is 6.07 Å². The Labute approximate surface area is 168 Å². The summed E-state index contributed by atoms with van der Waals surface area (Å²) in [6, 6.07) is 18.2. The smallest absolute Gasteiger partial charge is 0.192 e. The van der Waals surface area contributed by atoms with Crippen LogP contribution >= 0.6 is 11.8 Å². The highest BCUT2D eigenvalue weighted by Crippen LogP contribution is 2.36. The minimum atomic E-state index is -0.334. The first kappa shape index (κ1) is 18.4. The van der Waals surface area contributed by atoms with E-state index in [0.29, 0.717) is 29.8 Å². The van der Waals surface area contributed by atoms with E-state index in [-0.39, 0.29) is 11.4 Å². The molecule has 1 aromatic heterocycles. The fourth-order valence-corrected chi connectivity index (χ4v) is 3.96. The molecule has 2 unspecified atom stereocenters. The fraction of sp³-hybridized carbons (Fsp3) is 0.286. The van der Waals surface area contributed by atoms with Crippen LogP contribution in [0.4, 0.5) is 0 Å². The molecule has 0 N–H and O–H groups in total. The van der Waals surface area contributed by atoms with E-state index in [0.717, 1.165) is 11.3 Å². The standard InChI is InChI=1S/C21H20N4O2S/c1-14-7-9-15(10-8-14)11-16(12-22)28-21-24-23-20(25(21)2)19-13-26-17-5-3-4-6-18(17)27-19/h3-10,16,19H,11,13H2,1-2H3. The van der Waals surface area contributed by atoms with Crippen LogP contribution in [0, 0.1) is 18.3 Å². The Balaban J connectivity index is 1.47. The van der Waals surface area contributed by atoms with E-state index in [1.54, 1.807) is 0 Å². The third kappa shape index (κ3) is 3.82. The molecule has 0 fully saturated rings. The predicted octanol–water partition coefficient (Wildman–Crippen LogP) is 3.86. The quantitative estimate of drug-likeness (QED) is 0.614. The highest BCUT2D eigenvalue weighted by atomic mass is 32.2. The molecule has 142 valence electrons. The second-order valence-corrected chi connectivity index (χ2v) is 7.86. The number of ether oxygens (including phenoxy) is 2.